The molecule has 0 fully saturated rings. The molecule has 1 N–H and O–H groups in total. The Balaban J connectivity index is 1.96. The minimum absolute atomic E-state index is 0.733. The molecule has 1 aromatic heterocycles. The number of hydrogen-bond acceptors (Lipinski definition) is 4. The zero-order chi connectivity index (χ0) is 18.7. The maximum absolute atomic E-state index is 5.59. The van der Waals surface area contributed by atoms with E-state index in [1.165, 1.54) is 16.8 Å². The van der Waals surface area contributed by atoms with E-state index < -0.39 is 0 Å². The minimum Gasteiger partial charge on any atom is -0.463 e. The molecule has 1 aliphatic rings. The number of allylic oxidation sites excluding steroid dienone is 2. The first-order valence-electron chi connectivity index (χ1n) is 8.81. The van der Waals surface area contributed by atoms with Gasteiger partial charge in [-0.2, -0.15) is 0 Å². The van der Waals surface area contributed by atoms with Gasteiger partial charge in [0.25, 0.3) is 0 Å². The van der Waals surface area contributed by atoms with Crippen molar-refractivity contribution >= 4 is 22.8 Å². The lowest BCUT2D eigenvalue weighted by molar-refractivity contribution is 0.551. The highest BCUT2D eigenvalue weighted by atomic mass is 16.3. The molecular formula is C22H25N3O. The Morgan fingerprint density at radius 1 is 1.15 bits per heavy atom. The molecule has 26 heavy (non-hydrogen) atoms. The van der Waals surface area contributed by atoms with Crippen LogP contribution < -0.4 is 5.32 Å². The van der Waals surface area contributed by atoms with Crippen molar-refractivity contribution in [2.24, 2.45) is 9.98 Å². The maximum Gasteiger partial charge on any atom is 0.154 e. The third-order valence-corrected chi connectivity index (χ3v) is 4.66. The van der Waals surface area contributed by atoms with E-state index in [0.717, 1.165) is 47.0 Å². The molecule has 0 amide bonds. The minimum atomic E-state index is 0.733. The summed E-state index contributed by atoms with van der Waals surface area (Å²) in [5, 5.41) is 3.48. The van der Waals surface area contributed by atoms with Gasteiger partial charge in [0, 0.05) is 29.9 Å². The van der Waals surface area contributed by atoms with Crippen molar-refractivity contribution < 1.29 is 4.42 Å². The molecule has 3 rings (SSSR count). The summed E-state index contributed by atoms with van der Waals surface area (Å²) in [7, 11) is 1.86. The monoisotopic (exact) mass is 347 g/mol. The Labute approximate surface area is 155 Å². The lowest BCUT2D eigenvalue weighted by Gasteiger charge is -2.12. The zero-order valence-corrected chi connectivity index (χ0v) is 15.9. The number of nitrogens with zero attached hydrogens (tertiary/aromatic N) is 2. The van der Waals surface area contributed by atoms with E-state index in [9.17, 15) is 0 Å². The van der Waals surface area contributed by atoms with Gasteiger partial charge in [0.1, 0.15) is 5.70 Å². The quantitative estimate of drug-likeness (QED) is 0.728. The molecule has 0 bridgehead atoms. The summed E-state index contributed by atoms with van der Waals surface area (Å²) in [6.07, 6.45) is 3.72. The lowest BCUT2D eigenvalue weighted by Crippen LogP contribution is -2.02. The summed E-state index contributed by atoms with van der Waals surface area (Å²) in [6.45, 7) is 9.90. The van der Waals surface area contributed by atoms with Crippen LogP contribution in [-0.4, -0.2) is 18.5 Å². The molecule has 0 saturated heterocycles. The molecule has 2 aromatic rings. The van der Waals surface area contributed by atoms with Gasteiger partial charge in [-0.1, -0.05) is 12.6 Å². The van der Waals surface area contributed by atoms with Crippen LogP contribution in [0.25, 0.3) is 5.70 Å². The second-order valence-corrected chi connectivity index (χ2v) is 6.60. The van der Waals surface area contributed by atoms with Crippen LogP contribution in [0.2, 0.25) is 0 Å². The molecule has 1 aromatic carbocycles. The van der Waals surface area contributed by atoms with Gasteiger partial charge in [0.2, 0.25) is 0 Å². The maximum atomic E-state index is 5.59. The third-order valence-electron chi connectivity index (χ3n) is 4.66. The van der Waals surface area contributed by atoms with Crippen LogP contribution in [0.15, 0.2) is 68.8 Å². The second-order valence-electron chi connectivity index (χ2n) is 6.60. The Morgan fingerprint density at radius 3 is 2.62 bits per heavy atom. The summed E-state index contributed by atoms with van der Waals surface area (Å²) in [6, 6.07) is 10.2. The normalized spacial score (nSPS) is 16.5. The molecule has 0 saturated carbocycles. The van der Waals surface area contributed by atoms with Gasteiger partial charge >= 0.3 is 0 Å². The molecule has 4 heteroatoms. The number of aliphatic imine (C=N–C) groups is 2. The Kier molecular flexibility index (Phi) is 5.21. The van der Waals surface area contributed by atoms with Gasteiger partial charge < -0.3 is 9.73 Å². The predicted molar refractivity (Wildman–Crippen MR) is 110 cm³/mol. The molecule has 0 atom stereocenters. The molecule has 0 radical (unpaired) electrons. The largest absolute Gasteiger partial charge is 0.463 e. The summed E-state index contributed by atoms with van der Waals surface area (Å²) in [4.78, 5) is 9.11. The van der Waals surface area contributed by atoms with Gasteiger partial charge in [-0.05, 0) is 74.6 Å². The summed E-state index contributed by atoms with van der Waals surface area (Å²) in [5.41, 5.74) is 8.38. The van der Waals surface area contributed by atoms with Gasteiger partial charge in [0.05, 0.1) is 6.26 Å². The van der Waals surface area contributed by atoms with Gasteiger partial charge in [0.15, 0.2) is 5.76 Å². The SMILES string of the molecule is C=C(C)C(C)=N/C(=C(\C)Nc1ccc2c(c1)CCC2=NC)c1ccco1. The van der Waals surface area contributed by atoms with E-state index in [0.29, 0.717) is 0 Å². The number of aryl methyl sites for hydroxylation is 1. The number of rotatable bonds is 5. The zero-order valence-electron chi connectivity index (χ0n) is 15.9. The van der Waals surface area contributed by atoms with Crippen molar-refractivity contribution in [2.45, 2.75) is 33.6 Å². The van der Waals surface area contributed by atoms with Crippen molar-refractivity contribution in [1.82, 2.24) is 0 Å². The lowest BCUT2D eigenvalue weighted by atomic mass is 10.1. The molecule has 4 nitrogen and oxygen atoms in total. The van der Waals surface area contributed by atoms with E-state index in [4.69, 9.17) is 9.41 Å². The van der Waals surface area contributed by atoms with E-state index in [1.54, 1.807) is 6.26 Å². The number of anilines is 1. The van der Waals surface area contributed by atoms with Crippen LogP contribution in [0.3, 0.4) is 0 Å². The summed E-state index contributed by atoms with van der Waals surface area (Å²) < 4.78 is 5.59. The van der Waals surface area contributed by atoms with Crippen molar-refractivity contribution in [3.63, 3.8) is 0 Å². The summed E-state index contributed by atoms with van der Waals surface area (Å²) >= 11 is 0. The van der Waals surface area contributed by atoms with Gasteiger partial charge in [-0.25, -0.2) is 4.99 Å². The van der Waals surface area contributed by atoms with E-state index >= 15 is 0 Å². The van der Waals surface area contributed by atoms with Crippen molar-refractivity contribution in [3.05, 3.63) is 71.3 Å². The molecule has 0 aliphatic heterocycles. The molecule has 0 unspecified atom stereocenters. The van der Waals surface area contributed by atoms with Crippen LogP contribution >= 0.6 is 0 Å². The first-order valence-corrected chi connectivity index (χ1v) is 8.81. The molecular weight excluding hydrogens is 322 g/mol. The first-order chi connectivity index (χ1) is 12.5. The fourth-order valence-electron chi connectivity index (χ4n) is 3.06. The van der Waals surface area contributed by atoms with Gasteiger partial charge in [-0.15, -0.1) is 0 Å². The van der Waals surface area contributed by atoms with Crippen LogP contribution in [0.1, 0.15) is 44.1 Å². The summed E-state index contributed by atoms with van der Waals surface area (Å²) in [5.74, 6) is 0.733. The van der Waals surface area contributed by atoms with E-state index in [1.807, 2.05) is 40.0 Å². The number of hydrogen-bond donors (Lipinski definition) is 1. The van der Waals surface area contributed by atoms with Crippen molar-refractivity contribution in [1.29, 1.82) is 0 Å². The standard InChI is InChI=1S/C22H25N3O/c1-14(2)15(3)25-22(21-7-6-12-26-21)16(4)24-18-9-10-19-17(13-18)8-11-20(19)23-5/h6-7,9-10,12-13,24H,1,8,11H2,2-5H3/b22-16+,23-20?,25-15?. The van der Waals surface area contributed by atoms with Crippen molar-refractivity contribution in [2.75, 3.05) is 12.4 Å². The number of furan rings is 1. The fourth-order valence-corrected chi connectivity index (χ4v) is 3.06. The van der Waals surface area contributed by atoms with Crippen LogP contribution in [0, 0.1) is 0 Å². The average Bonchev–Trinajstić information content (AvgIpc) is 3.28. The first kappa shape index (κ1) is 17.9. The molecule has 0 spiro atoms. The Hall–Kier alpha value is -2.88. The number of fused-ring (bicyclic) bond motifs is 1. The molecule has 134 valence electrons. The van der Waals surface area contributed by atoms with Crippen molar-refractivity contribution in [3.8, 4) is 0 Å². The molecule has 1 aliphatic carbocycles. The Bertz CT molecular complexity index is 915. The molecule has 1 heterocycles. The topological polar surface area (TPSA) is 49.9 Å². The third kappa shape index (κ3) is 3.69. The Morgan fingerprint density at radius 2 is 1.96 bits per heavy atom. The fraction of sp³-hybridized carbons (Fsp3) is 0.273. The average molecular weight is 347 g/mol. The predicted octanol–water partition coefficient (Wildman–Crippen LogP) is 5.48. The number of nitrogens with one attached hydrogen (secondary N) is 1. The second kappa shape index (κ2) is 7.56. The van der Waals surface area contributed by atoms with Crippen LogP contribution in [0.5, 0.6) is 0 Å². The highest BCUT2D eigenvalue weighted by molar-refractivity contribution is 6.05. The van der Waals surface area contributed by atoms with Crippen LogP contribution in [-0.2, 0) is 6.42 Å². The van der Waals surface area contributed by atoms with E-state index in [2.05, 4.69) is 35.1 Å². The highest BCUT2D eigenvalue weighted by Crippen LogP contribution is 2.28. The van der Waals surface area contributed by atoms with Crippen LogP contribution in [0.4, 0.5) is 5.69 Å². The highest BCUT2D eigenvalue weighted by Gasteiger charge is 2.17. The van der Waals surface area contributed by atoms with E-state index in [-0.39, 0.29) is 0 Å². The van der Waals surface area contributed by atoms with Gasteiger partial charge in [-0.3, -0.25) is 4.99 Å². The number of benzene rings is 1. The smallest absolute Gasteiger partial charge is 0.154 e.